The Labute approximate surface area is 116 Å². The Morgan fingerprint density at radius 3 is 2.68 bits per heavy atom. The van der Waals surface area contributed by atoms with Crippen LogP contribution in [0.2, 0.25) is 0 Å². The first-order valence-corrected chi connectivity index (χ1v) is 7.22. The number of rotatable bonds is 6. The Morgan fingerprint density at radius 2 is 2.11 bits per heavy atom. The fourth-order valence-corrected chi connectivity index (χ4v) is 3.23. The third-order valence-electron chi connectivity index (χ3n) is 1.99. The summed E-state index contributed by atoms with van der Waals surface area (Å²) < 4.78 is 41.6. The number of carbonyl (C=O) groups is 1. The van der Waals surface area contributed by atoms with Crippen LogP contribution in [-0.4, -0.2) is 23.3 Å². The Hall–Kier alpha value is -1.02. The van der Waals surface area contributed by atoms with Crippen LogP contribution in [-0.2, 0) is 4.74 Å². The molecular weight excluding hydrogens is 299 g/mol. The van der Waals surface area contributed by atoms with E-state index >= 15 is 0 Å². The molecule has 0 amide bonds. The van der Waals surface area contributed by atoms with Crippen LogP contribution in [0.3, 0.4) is 0 Å². The van der Waals surface area contributed by atoms with E-state index in [0.717, 1.165) is 23.1 Å². The molecule has 0 radical (unpaired) electrons. The van der Waals surface area contributed by atoms with Crippen LogP contribution >= 0.6 is 23.1 Å². The van der Waals surface area contributed by atoms with Gasteiger partial charge in [0.05, 0.1) is 12.3 Å². The molecule has 0 spiro atoms. The second-order valence-corrected chi connectivity index (χ2v) is 5.72. The van der Waals surface area contributed by atoms with Gasteiger partial charge in [-0.25, -0.2) is 14.2 Å². The number of hydrogen-bond acceptors (Lipinski definition) is 5. The van der Waals surface area contributed by atoms with Gasteiger partial charge in [-0.2, -0.15) is 8.78 Å². The van der Waals surface area contributed by atoms with Gasteiger partial charge in [0.1, 0.15) is 4.88 Å². The molecule has 0 aromatic carbocycles. The van der Waals surface area contributed by atoms with E-state index in [2.05, 4.69) is 4.98 Å². The van der Waals surface area contributed by atoms with Gasteiger partial charge >= 0.3 is 12.0 Å². The predicted molar refractivity (Wildman–Crippen MR) is 68.5 cm³/mol. The van der Waals surface area contributed by atoms with Gasteiger partial charge in [-0.15, -0.1) is 11.3 Å². The van der Waals surface area contributed by atoms with Crippen molar-refractivity contribution >= 4 is 29.1 Å². The highest BCUT2D eigenvalue weighted by Crippen LogP contribution is 2.29. The predicted octanol–water partition coefficient (Wildman–Crippen LogP) is 4.19. The van der Waals surface area contributed by atoms with Crippen molar-refractivity contribution in [2.45, 2.75) is 24.6 Å². The number of carbonyl (C=O) groups excluding carboxylic acids is 1. The number of allylic oxidation sites excluding steroid dienone is 1. The standard InChI is InChI=1S/C11H12F3NO2S2/c1-3-17-10(16)8-6(2)15-11(19-8)18-5-4-7(12)9(13)14/h3-5H2,1-2H3. The highest BCUT2D eigenvalue weighted by molar-refractivity contribution is 8.01. The third-order valence-corrected chi connectivity index (χ3v) is 4.27. The van der Waals surface area contributed by atoms with E-state index in [9.17, 15) is 18.0 Å². The van der Waals surface area contributed by atoms with Crippen molar-refractivity contribution in [3.63, 3.8) is 0 Å². The molecule has 0 atom stereocenters. The summed E-state index contributed by atoms with van der Waals surface area (Å²) in [6.45, 7) is 3.63. The Balaban J connectivity index is 2.59. The molecule has 0 saturated carbocycles. The summed E-state index contributed by atoms with van der Waals surface area (Å²) in [4.78, 5) is 16.0. The summed E-state index contributed by atoms with van der Waals surface area (Å²) in [5, 5.41) is 0. The van der Waals surface area contributed by atoms with Gasteiger partial charge in [0.2, 0.25) is 0 Å². The van der Waals surface area contributed by atoms with E-state index in [1.807, 2.05) is 0 Å². The van der Waals surface area contributed by atoms with Gasteiger partial charge in [0.15, 0.2) is 10.2 Å². The summed E-state index contributed by atoms with van der Waals surface area (Å²) in [5.74, 6) is -1.73. The highest BCUT2D eigenvalue weighted by atomic mass is 32.2. The van der Waals surface area contributed by atoms with E-state index in [-0.39, 0.29) is 18.8 Å². The molecule has 0 N–H and O–H groups in total. The van der Waals surface area contributed by atoms with Gasteiger partial charge < -0.3 is 4.74 Å². The lowest BCUT2D eigenvalue weighted by Crippen LogP contribution is -2.03. The van der Waals surface area contributed by atoms with Crippen molar-refractivity contribution in [2.24, 2.45) is 0 Å². The molecule has 1 rings (SSSR count). The first-order chi connectivity index (χ1) is 8.95. The first kappa shape index (κ1) is 16.0. The van der Waals surface area contributed by atoms with Crippen LogP contribution < -0.4 is 0 Å². The topological polar surface area (TPSA) is 39.2 Å². The number of nitrogens with zero attached hydrogens (tertiary/aromatic N) is 1. The Bertz CT molecular complexity index is 484. The maximum atomic E-state index is 12.6. The molecule has 106 valence electrons. The molecule has 3 nitrogen and oxygen atoms in total. The molecule has 8 heteroatoms. The maximum absolute atomic E-state index is 12.6. The van der Waals surface area contributed by atoms with Gasteiger partial charge in [-0.05, 0) is 13.8 Å². The minimum absolute atomic E-state index is 0.137. The van der Waals surface area contributed by atoms with Gasteiger partial charge in [-0.3, -0.25) is 0 Å². The van der Waals surface area contributed by atoms with E-state index in [1.54, 1.807) is 13.8 Å². The summed E-state index contributed by atoms with van der Waals surface area (Å²) in [6, 6.07) is 0. The van der Waals surface area contributed by atoms with E-state index in [0.29, 0.717) is 14.9 Å². The first-order valence-electron chi connectivity index (χ1n) is 5.42. The average molecular weight is 311 g/mol. The van der Waals surface area contributed by atoms with Gasteiger partial charge in [0.25, 0.3) is 0 Å². The third kappa shape index (κ3) is 4.87. The summed E-state index contributed by atoms with van der Waals surface area (Å²) in [5.41, 5.74) is 0.527. The minimum Gasteiger partial charge on any atom is -0.462 e. The number of ether oxygens (including phenoxy) is 1. The molecule has 0 bridgehead atoms. The van der Waals surface area contributed by atoms with E-state index in [4.69, 9.17) is 4.74 Å². The van der Waals surface area contributed by atoms with Crippen LogP contribution in [0.4, 0.5) is 13.2 Å². The second-order valence-electron chi connectivity index (χ2n) is 3.38. The molecule has 19 heavy (non-hydrogen) atoms. The lowest BCUT2D eigenvalue weighted by molar-refractivity contribution is 0.0531. The highest BCUT2D eigenvalue weighted by Gasteiger charge is 2.16. The smallest absolute Gasteiger partial charge is 0.350 e. The fraction of sp³-hybridized carbons (Fsp3) is 0.455. The van der Waals surface area contributed by atoms with E-state index < -0.39 is 17.9 Å². The normalized spacial score (nSPS) is 10.4. The second kappa shape index (κ2) is 7.54. The van der Waals surface area contributed by atoms with Crippen LogP contribution in [0.1, 0.15) is 28.7 Å². The number of aromatic nitrogens is 1. The fourth-order valence-electron chi connectivity index (χ4n) is 1.14. The van der Waals surface area contributed by atoms with Crippen LogP contribution in [0.15, 0.2) is 16.2 Å². The quantitative estimate of drug-likeness (QED) is 0.583. The molecule has 0 aliphatic heterocycles. The summed E-state index contributed by atoms with van der Waals surface area (Å²) >= 11 is 2.25. The van der Waals surface area contributed by atoms with Crippen molar-refractivity contribution < 1.29 is 22.7 Å². The molecule has 1 heterocycles. The van der Waals surface area contributed by atoms with Crippen molar-refractivity contribution in [3.8, 4) is 0 Å². The van der Waals surface area contributed by atoms with Crippen LogP contribution in [0.25, 0.3) is 0 Å². The largest absolute Gasteiger partial charge is 0.462 e. The van der Waals surface area contributed by atoms with E-state index in [1.165, 1.54) is 0 Å². The van der Waals surface area contributed by atoms with Crippen molar-refractivity contribution in [1.29, 1.82) is 0 Å². The molecule has 1 aromatic rings. The molecule has 0 aliphatic rings. The van der Waals surface area contributed by atoms with Crippen molar-refractivity contribution in [1.82, 2.24) is 4.98 Å². The molecule has 0 aliphatic carbocycles. The minimum atomic E-state index is -2.29. The summed E-state index contributed by atoms with van der Waals surface area (Å²) in [7, 11) is 0. The van der Waals surface area contributed by atoms with Gasteiger partial charge in [-0.1, -0.05) is 11.8 Å². The van der Waals surface area contributed by atoms with Crippen LogP contribution in [0, 0.1) is 6.92 Å². The molecular formula is C11H12F3NO2S2. The summed E-state index contributed by atoms with van der Waals surface area (Å²) in [6.07, 6.45) is -2.65. The number of halogens is 3. The zero-order valence-electron chi connectivity index (χ0n) is 10.3. The lowest BCUT2D eigenvalue weighted by atomic mass is 10.4. The average Bonchev–Trinajstić information content (AvgIpc) is 2.70. The number of aryl methyl sites for hydroxylation is 1. The lowest BCUT2D eigenvalue weighted by Gasteiger charge is -1.97. The molecule has 0 saturated heterocycles. The number of hydrogen-bond donors (Lipinski definition) is 0. The zero-order valence-corrected chi connectivity index (χ0v) is 12.0. The molecule has 0 fully saturated rings. The zero-order chi connectivity index (χ0) is 14.4. The van der Waals surface area contributed by atoms with Gasteiger partial charge in [0, 0.05) is 12.2 Å². The maximum Gasteiger partial charge on any atom is 0.350 e. The SMILES string of the molecule is CCOC(=O)c1sc(SCCC(F)=C(F)F)nc1C. The van der Waals surface area contributed by atoms with Crippen molar-refractivity contribution in [2.75, 3.05) is 12.4 Å². The Morgan fingerprint density at radius 1 is 1.42 bits per heavy atom. The number of thioether (sulfide) groups is 1. The molecule has 0 unspecified atom stereocenters. The van der Waals surface area contributed by atoms with Crippen LogP contribution in [0.5, 0.6) is 0 Å². The number of thiazole rings is 1. The Kier molecular flexibility index (Phi) is 6.36. The number of esters is 1. The molecule has 1 aromatic heterocycles. The van der Waals surface area contributed by atoms with Crippen molar-refractivity contribution in [3.05, 3.63) is 22.5 Å². The monoisotopic (exact) mass is 311 g/mol.